The first-order chi connectivity index (χ1) is 11.9. The number of carboxylic acids is 1. The van der Waals surface area contributed by atoms with Gasteiger partial charge >= 0.3 is 12.1 Å². The van der Waals surface area contributed by atoms with Crippen LogP contribution >= 0.6 is 11.8 Å². The van der Waals surface area contributed by atoms with Crippen LogP contribution in [-0.4, -0.2) is 50.0 Å². The molecule has 2 aliphatic heterocycles. The van der Waals surface area contributed by atoms with E-state index in [1.54, 1.807) is 13.8 Å². The van der Waals surface area contributed by atoms with Crippen molar-refractivity contribution in [3.8, 4) is 0 Å². The molecule has 0 spiro atoms. The van der Waals surface area contributed by atoms with E-state index in [2.05, 4.69) is 5.32 Å². The summed E-state index contributed by atoms with van der Waals surface area (Å²) in [4.78, 5) is 37.2. The number of hydrogen-bond acceptors (Lipinski definition) is 4. The van der Waals surface area contributed by atoms with Crippen LogP contribution in [0.5, 0.6) is 0 Å². The van der Waals surface area contributed by atoms with E-state index in [0.29, 0.717) is 0 Å². The lowest BCUT2D eigenvalue weighted by molar-refractivity contribution is -0.159. The molecule has 2 amide bonds. The van der Waals surface area contributed by atoms with E-state index in [0.717, 1.165) is 24.3 Å². The zero-order valence-electron chi connectivity index (χ0n) is 13.7. The average molecular weight is 388 g/mol. The Bertz CT molecular complexity index is 779. The molecule has 0 aromatic heterocycles. The van der Waals surface area contributed by atoms with Crippen LogP contribution < -0.4 is 5.32 Å². The first kappa shape index (κ1) is 18.6. The monoisotopic (exact) mass is 388 g/mol. The van der Waals surface area contributed by atoms with Gasteiger partial charge in [-0.05, 0) is 38.1 Å². The largest absolute Gasteiger partial charge is 0.480 e. The predicted molar refractivity (Wildman–Crippen MR) is 86.4 cm³/mol. The molecular weight excluding hydrogens is 373 g/mol. The molecule has 2 aliphatic rings. The minimum absolute atomic E-state index is 0.0127. The lowest BCUT2D eigenvalue weighted by Gasteiger charge is -2.43. The van der Waals surface area contributed by atoms with E-state index in [1.165, 1.54) is 16.7 Å². The van der Waals surface area contributed by atoms with E-state index >= 15 is 0 Å². The number of halogens is 3. The molecule has 10 heteroatoms. The van der Waals surface area contributed by atoms with Crippen LogP contribution in [-0.2, 0) is 15.8 Å². The summed E-state index contributed by atoms with van der Waals surface area (Å²) in [5.74, 6) is -2.32. The fourth-order valence-corrected chi connectivity index (χ4v) is 4.81. The van der Waals surface area contributed by atoms with Crippen molar-refractivity contribution in [2.45, 2.75) is 42.2 Å². The smallest absolute Gasteiger partial charge is 0.416 e. The number of amides is 2. The molecule has 0 bridgehead atoms. The number of fused-ring (bicyclic) bond motifs is 1. The lowest BCUT2D eigenvalue weighted by Crippen LogP contribution is -2.70. The maximum absolute atomic E-state index is 12.6. The Labute approximate surface area is 150 Å². The van der Waals surface area contributed by atoms with Crippen LogP contribution in [0.15, 0.2) is 24.3 Å². The van der Waals surface area contributed by atoms with Gasteiger partial charge in [-0.3, -0.25) is 9.59 Å². The number of alkyl halides is 3. The van der Waals surface area contributed by atoms with Crippen molar-refractivity contribution in [3.05, 3.63) is 35.4 Å². The highest BCUT2D eigenvalue weighted by atomic mass is 32.2. The maximum Gasteiger partial charge on any atom is 0.416 e. The molecule has 1 aromatic rings. The van der Waals surface area contributed by atoms with Gasteiger partial charge < -0.3 is 15.3 Å². The van der Waals surface area contributed by atoms with Crippen molar-refractivity contribution in [2.24, 2.45) is 0 Å². The first-order valence-corrected chi connectivity index (χ1v) is 8.52. The third kappa shape index (κ3) is 2.91. The summed E-state index contributed by atoms with van der Waals surface area (Å²) in [6.45, 7) is 3.41. The van der Waals surface area contributed by atoms with E-state index in [1.807, 2.05) is 0 Å². The molecule has 0 unspecified atom stereocenters. The molecule has 2 fully saturated rings. The Hall–Kier alpha value is -2.23. The van der Waals surface area contributed by atoms with Crippen molar-refractivity contribution in [1.82, 2.24) is 10.2 Å². The number of thioether (sulfide) groups is 1. The van der Waals surface area contributed by atoms with Crippen LogP contribution in [0.2, 0.25) is 0 Å². The predicted octanol–water partition coefficient (Wildman–Crippen LogP) is 1.95. The van der Waals surface area contributed by atoms with Crippen LogP contribution in [0.4, 0.5) is 13.2 Å². The van der Waals surface area contributed by atoms with Crippen molar-refractivity contribution >= 4 is 29.5 Å². The van der Waals surface area contributed by atoms with Crippen molar-refractivity contribution < 1.29 is 32.7 Å². The van der Waals surface area contributed by atoms with Gasteiger partial charge in [-0.2, -0.15) is 13.2 Å². The molecule has 6 nitrogen and oxygen atoms in total. The van der Waals surface area contributed by atoms with E-state index in [-0.39, 0.29) is 5.56 Å². The number of nitrogens with zero attached hydrogens (tertiary/aromatic N) is 1. The third-order valence-corrected chi connectivity index (χ3v) is 6.01. The third-order valence-electron chi connectivity index (χ3n) is 4.44. The number of hydrogen-bond donors (Lipinski definition) is 2. The highest BCUT2D eigenvalue weighted by Gasteiger charge is 2.64. The number of carbonyl (C=O) groups is 3. The Morgan fingerprint density at radius 2 is 1.81 bits per heavy atom. The summed E-state index contributed by atoms with van der Waals surface area (Å²) in [6, 6.07) is 1.74. The molecular formula is C16H15F3N2O4S. The van der Waals surface area contributed by atoms with Gasteiger partial charge in [0.2, 0.25) is 5.91 Å². The van der Waals surface area contributed by atoms with Gasteiger partial charge in [-0.25, -0.2) is 4.79 Å². The van der Waals surface area contributed by atoms with Gasteiger partial charge in [0.05, 0.1) is 5.56 Å². The van der Waals surface area contributed by atoms with Gasteiger partial charge in [0.25, 0.3) is 5.91 Å². The number of benzene rings is 1. The summed E-state index contributed by atoms with van der Waals surface area (Å²) in [5, 5.41) is 11.3. The Morgan fingerprint density at radius 1 is 1.23 bits per heavy atom. The molecule has 2 saturated heterocycles. The summed E-state index contributed by atoms with van der Waals surface area (Å²) >= 11 is 1.27. The molecule has 0 saturated carbocycles. The van der Waals surface area contributed by atoms with E-state index in [4.69, 9.17) is 0 Å². The minimum atomic E-state index is -4.50. The van der Waals surface area contributed by atoms with Gasteiger partial charge in [0.15, 0.2) is 0 Å². The summed E-state index contributed by atoms with van der Waals surface area (Å²) in [5.41, 5.74) is -0.890. The van der Waals surface area contributed by atoms with Crippen molar-refractivity contribution in [3.63, 3.8) is 0 Å². The van der Waals surface area contributed by atoms with Crippen LogP contribution in [0.25, 0.3) is 0 Å². The molecule has 0 radical (unpaired) electrons. The van der Waals surface area contributed by atoms with Crippen LogP contribution in [0.1, 0.15) is 29.8 Å². The van der Waals surface area contributed by atoms with Crippen molar-refractivity contribution in [1.29, 1.82) is 0 Å². The van der Waals surface area contributed by atoms with Crippen molar-refractivity contribution in [2.75, 3.05) is 0 Å². The van der Waals surface area contributed by atoms with Gasteiger partial charge in [-0.1, -0.05) is 0 Å². The lowest BCUT2D eigenvalue weighted by atomic mass is 9.96. The standard InChI is InChI=1S/C16H15F3N2O4S/c1-15(2)10(14(24)25)21-12(23)9(13(21)26-15)20-11(22)7-3-5-8(6-4-7)16(17,18)19/h3-6,9-10,13H,1-2H3,(H,20,22)(H,24,25)/t9-,10+,13-/m1/s1. The van der Waals surface area contributed by atoms with E-state index in [9.17, 15) is 32.7 Å². The maximum atomic E-state index is 12.6. The Morgan fingerprint density at radius 3 is 2.31 bits per heavy atom. The highest BCUT2D eigenvalue weighted by molar-refractivity contribution is 8.01. The average Bonchev–Trinajstić information content (AvgIpc) is 2.80. The Balaban J connectivity index is 1.72. The van der Waals surface area contributed by atoms with Gasteiger partial charge in [-0.15, -0.1) is 11.8 Å². The SMILES string of the molecule is CC1(C)S[C@@H]2[C@H](NC(=O)c3ccc(C(F)(F)F)cc3)C(=O)N2[C@H]1C(=O)O. The molecule has 1 aromatic carbocycles. The molecule has 26 heavy (non-hydrogen) atoms. The topological polar surface area (TPSA) is 86.7 Å². The molecule has 2 heterocycles. The van der Waals surface area contributed by atoms with Gasteiger partial charge in [0, 0.05) is 10.3 Å². The zero-order chi connectivity index (χ0) is 19.4. The van der Waals surface area contributed by atoms with Crippen LogP contribution in [0.3, 0.4) is 0 Å². The molecule has 140 valence electrons. The number of aliphatic carboxylic acids is 1. The first-order valence-electron chi connectivity index (χ1n) is 7.64. The fraction of sp³-hybridized carbons (Fsp3) is 0.438. The second kappa shape index (κ2) is 5.90. The number of β-lactam (4-membered cyclic amide) rings is 1. The summed E-state index contributed by atoms with van der Waals surface area (Å²) in [7, 11) is 0. The zero-order valence-corrected chi connectivity index (χ0v) is 14.5. The highest BCUT2D eigenvalue weighted by Crippen LogP contribution is 2.50. The number of rotatable bonds is 3. The van der Waals surface area contributed by atoms with E-state index < -0.39 is 51.7 Å². The Kier molecular flexibility index (Phi) is 4.21. The second-order valence-electron chi connectivity index (χ2n) is 6.62. The number of carboxylic acid groups (broad SMARTS) is 1. The van der Waals surface area contributed by atoms with Crippen LogP contribution in [0, 0.1) is 0 Å². The normalized spacial score (nSPS) is 26.9. The van der Waals surface area contributed by atoms with Gasteiger partial charge in [0.1, 0.15) is 17.5 Å². The molecule has 3 rings (SSSR count). The molecule has 2 N–H and O–H groups in total. The second-order valence-corrected chi connectivity index (χ2v) is 8.40. The molecule has 3 atom stereocenters. The quantitative estimate of drug-likeness (QED) is 0.773. The minimum Gasteiger partial charge on any atom is -0.480 e. The summed E-state index contributed by atoms with van der Waals surface area (Å²) < 4.78 is 37.0. The number of nitrogens with one attached hydrogen (secondary N) is 1. The fourth-order valence-electron chi connectivity index (χ4n) is 3.18. The number of carbonyl (C=O) groups excluding carboxylic acids is 2. The summed E-state index contributed by atoms with van der Waals surface area (Å²) in [6.07, 6.45) is -4.50. The molecule has 0 aliphatic carbocycles.